The number of rotatable bonds is 0. The molecular weight excluding hydrogens is 166 g/mol. The molecule has 54 valence electrons. The first-order chi connectivity index (χ1) is 4.88. The first-order valence-corrected chi connectivity index (χ1v) is 4.88. The Morgan fingerprint density at radius 2 is 2.60 bits per heavy atom. The van der Waals surface area contributed by atoms with Crippen molar-refractivity contribution in [3.63, 3.8) is 0 Å². The lowest BCUT2D eigenvalue weighted by molar-refractivity contribution is 0.204. The molecule has 2 N–H and O–H groups in total. The second kappa shape index (κ2) is 2.45. The van der Waals surface area contributed by atoms with Crippen LogP contribution in [0.25, 0.3) is 0 Å². The van der Waals surface area contributed by atoms with E-state index in [0.717, 1.165) is 16.3 Å². The zero-order chi connectivity index (χ0) is 6.97. The van der Waals surface area contributed by atoms with Crippen molar-refractivity contribution in [2.75, 3.05) is 10.5 Å². The minimum absolute atomic E-state index is 0.271. The van der Waals surface area contributed by atoms with Crippen LogP contribution >= 0.6 is 23.3 Å². The van der Waals surface area contributed by atoms with Crippen molar-refractivity contribution in [3.8, 4) is 0 Å². The Morgan fingerprint density at radius 1 is 1.70 bits per heavy atom. The Kier molecular flexibility index (Phi) is 1.60. The molecule has 4 heteroatoms. The van der Waals surface area contributed by atoms with E-state index in [0.29, 0.717) is 0 Å². The number of thiophene rings is 1. The van der Waals surface area contributed by atoms with E-state index in [4.69, 9.17) is 0 Å². The molecular formula is C6H7NOS2. The summed E-state index contributed by atoms with van der Waals surface area (Å²) in [6.07, 6.45) is -0.271. The molecule has 2 heterocycles. The maximum Gasteiger partial charge on any atom is 0.104 e. The molecule has 0 radical (unpaired) electrons. The van der Waals surface area contributed by atoms with Gasteiger partial charge >= 0.3 is 0 Å². The Hall–Kier alpha value is -0.190. The predicted molar refractivity (Wildman–Crippen MR) is 45.4 cm³/mol. The fourth-order valence-electron chi connectivity index (χ4n) is 0.940. The summed E-state index contributed by atoms with van der Waals surface area (Å²) in [7, 11) is 0. The third-order valence-electron chi connectivity index (χ3n) is 1.46. The summed E-state index contributed by atoms with van der Waals surface area (Å²) in [5.74, 6) is 0.754. The van der Waals surface area contributed by atoms with Gasteiger partial charge in [0, 0.05) is 11.3 Å². The minimum atomic E-state index is -0.271. The molecule has 0 fully saturated rings. The van der Waals surface area contributed by atoms with E-state index in [9.17, 15) is 5.11 Å². The number of nitrogens with one attached hydrogen (secondary N) is 1. The van der Waals surface area contributed by atoms with Crippen molar-refractivity contribution >= 4 is 28.3 Å². The maximum atomic E-state index is 9.40. The van der Waals surface area contributed by atoms with Crippen molar-refractivity contribution in [1.29, 1.82) is 0 Å². The Balaban J connectivity index is 2.41. The molecule has 1 aliphatic rings. The number of hydrogen-bond acceptors (Lipinski definition) is 4. The molecule has 0 aliphatic carbocycles. The second-order valence-corrected chi connectivity index (χ2v) is 3.88. The van der Waals surface area contributed by atoms with Gasteiger partial charge < -0.3 is 9.83 Å². The molecule has 10 heavy (non-hydrogen) atoms. The number of fused-ring (bicyclic) bond motifs is 1. The summed E-state index contributed by atoms with van der Waals surface area (Å²) in [5.41, 5.74) is 1.05. The molecule has 0 bridgehead atoms. The van der Waals surface area contributed by atoms with Crippen LogP contribution in [0.5, 0.6) is 0 Å². The lowest BCUT2D eigenvalue weighted by Gasteiger charge is -2.17. The first kappa shape index (κ1) is 6.52. The van der Waals surface area contributed by atoms with Gasteiger partial charge in [-0.2, -0.15) is 0 Å². The van der Waals surface area contributed by atoms with Gasteiger partial charge in [0.15, 0.2) is 0 Å². The highest BCUT2D eigenvalue weighted by Crippen LogP contribution is 2.36. The van der Waals surface area contributed by atoms with Gasteiger partial charge in [-0.3, -0.25) is 0 Å². The van der Waals surface area contributed by atoms with Crippen LogP contribution in [0.4, 0.5) is 5.00 Å². The van der Waals surface area contributed by atoms with Crippen molar-refractivity contribution in [2.45, 2.75) is 6.10 Å². The van der Waals surface area contributed by atoms with Crippen LogP contribution in [0.1, 0.15) is 11.7 Å². The highest BCUT2D eigenvalue weighted by molar-refractivity contribution is 8.00. The predicted octanol–water partition coefficient (Wildman–Crippen LogP) is 1.86. The van der Waals surface area contributed by atoms with Crippen molar-refractivity contribution < 1.29 is 5.11 Å². The molecule has 0 aromatic carbocycles. The fourth-order valence-corrected chi connectivity index (χ4v) is 2.67. The molecule has 1 aliphatic heterocycles. The molecule has 1 atom stereocenters. The lowest BCUT2D eigenvalue weighted by atomic mass is 10.2. The van der Waals surface area contributed by atoms with Crippen LogP contribution in [0, 0.1) is 0 Å². The van der Waals surface area contributed by atoms with Crippen molar-refractivity contribution in [3.05, 3.63) is 17.0 Å². The van der Waals surface area contributed by atoms with Gasteiger partial charge in [-0.1, -0.05) is 0 Å². The third kappa shape index (κ3) is 0.923. The Bertz CT molecular complexity index is 235. The van der Waals surface area contributed by atoms with E-state index >= 15 is 0 Å². The lowest BCUT2D eigenvalue weighted by Crippen LogP contribution is -2.08. The van der Waals surface area contributed by atoms with Gasteiger partial charge in [0.25, 0.3) is 0 Å². The fraction of sp³-hybridized carbons (Fsp3) is 0.333. The highest BCUT2D eigenvalue weighted by Gasteiger charge is 2.18. The second-order valence-electron chi connectivity index (χ2n) is 2.13. The van der Waals surface area contributed by atoms with E-state index in [2.05, 4.69) is 4.72 Å². The summed E-state index contributed by atoms with van der Waals surface area (Å²) in [6, 6.07) is 1.97. The molecule has 2 nitrogen and oxygen atoms in total. The van der Waals surface area contributed by atoms with Crippen LogP contribution in [0.3, 0.4) is 0 Å². The molecule has 0 saturated carbocycles. The van der Waals surface area contributed by atoms with Crippen LogP contribution < -0.4 is 4.72 Å². The van der Waals surface area contributed by atoms with Crippen molar-refractivity contribution in [2.24, 2.45) is 0 Å². The molecule has 2 rings (SSSR count). The zero-order valence-electron chi connectivity index (χ0n) is 5.20. The molecule has 1 unspecified atom stereocenters. The number of aliphatic hydroxyl groups is 1. The Labute approximate surface area is 67.4 Å². The van der Waals surface area contributed by atoms with Crippen LogP contribution in [-0.4, -0.2) is 10.9 Å². The molecule has 1 aromatic rings. The van der Waals surface area contributed by atoms with Gasteiger partial charge in [-0.15, -0.1) is 11.3 Å². The van der Waals surface area contributed by atoms with Crippen LogP contribution in [0.15, 0.2) is 11.4 Å². The molecule has 1 aromatic heterocycles. The largest absolute Gasteiger partial charge is 0.387 e. The van der Waals surface area contributed by atoms with Gasteiger partial charge in [0.2, 0.25) is 0 Å². The quantitative estimate of drug-likeness (QED) is 0.587. The molecule has 0 saturated heterocycles. The monoisotopic (exact) mass is 173 g/mol. The average molecular weight is 173 g/mol. The van der Waals surface area contributed by atoms with Crippen molar-refractivity contribution in [1.82, 2.24) is 0 Å². The molecule has 0 spiro atoms. The van der Waals surface area contributed by atoms with E-state index in [1.807, 2.05) is 11.4 Å². The Morgan fingerprint density at radius 3 is 3.40 bits per heavy atom. The summed E-state index contributed by atoms with van der Waals surface area (Å²) < 4.78 is 3.15. The highest BCUT2D eigenvalue weighted by atomic mass is 32.2. The van der Waals surface area contributed by atoms with Gasteiger partial charge in [0.1, 0.15) is 5.00 Å². The van der Waals surface area contributed by atoms with Crippen LogP contribution in [-0.2, 0) is 0 Å². The third-order valence-corrected chi connectivity index (χ3v) is 3.27. The zero-order valence-corrected chi connectivity index (χ0v) is 6.84. The maximum absolute atomic E-state index is 9.40. The average Bonchev–Trinajstić information content (AvgIpc) is 2.36. The molecule has 0 amide bonds. The van der Waals surface area contributed by atoms with Gasteiger partial charge in [0.05, 0.1) is 6.10 Å². The first-order valence-electron chi connectivity index (χ1n) is 3.01. The normalized spacial score (nSPS) is 23.5. The number of anilines is 1. The van der Waals surface area contributed by atoms with Gasteiger partial charge in [-0.25, -0.2) is 0 Å². The standard InChI is InChI=1S/C6H7NOS2/c8-5-3-10-7-6-4(5)1-2-9-6/h1-2,5,7-8H,3H2. The minimum Gasteiger partial charge on any atom is -0.387 e. The van der Waals surface area contributed by atoms with E-state index < -0.39 is 0 Å². The summed E-state index contributed by atoms with van der Waals surface area (Å²) in [6.45, 7) is 0. The van der Waals surface area contributed by atoms with Gasteiger partial charge in [-0.05, 0) is 23.4 Å². The van der Waals surface area contributed by atoms with Crippen LogP contribution in [0.2, 0.25) is 0 Å². The SMILES string of the molecule is OC1CSNc2sccc21. The summed E-state index contributed by atoms with van der Waals surface area (Å²) in [4.78, 5) is 0. The van der Waals surface area contributed by atoms with E-state index in [1.165, 1.54) is 0 Å². The van der Waals surface area contributed by atoms with E-state index in [1.54, 1.807) is 23.3 Å². The van der Waals surface area contributed by atoms with E-state index in [-0.39, 0.29) is 6.10 Å². The smallest absolute Gasteiger partial charge is 0.104 e. The summed E-state index contributed by atoms with van der Waals surface area (Å²) in [5, 5.41) is 12.5. The number of hydrogen-bond donors (Lipinski definition) is 2. The summed E-state index contributed by atoms with van der Waals surface area (Å²) >= 11 is 3.20. The number of aliphatic hydroxyl groups excluding tert-OH is 1. The topological polar surface area (TPSA) is 32.3 Å².